The van der Waals surface area contributed by atoms with Gasteiger partial charge >= 0.3 is 0 Å². The molecule has 1 fully saturated rings. The van der Waals surface area contributed by atoms with E-state index in [0.717, 1.165) is 19.3 Å². The Labute approximate surface area is 176 Å². The number of nitrogens with one attached hydrogen (secondary N) is 1. The van der Waals surface area contributed by atoms with Gasteiger partial charge in [-0.3, -0.25) is 9.59 Å². The molecule has 1 saturated heterocycles. The van der Waals surface area contributed by atoms with Crippen molar-refractivity contribution in [1.82, 2.24) is 4.31 Å². The van der Waals surface area contributed by atoms with Crippen LogP contribution in [0, 0.1) is 0 Å². The third-order valence-electron chi connectivity index (χ3n) is 5.18. The van der Waals surface area contributed by atoms with Gasteiger partial charge in [0, 0.05) is 23.7 Å². The van der Waals surface area contributed by atoms with E-state index in [1.165, 1.54) is 53.9 Å². The van der Waals surface area contributed by atoms with E-state index in [4.69, 9.17) is 10.5 Å². The van der Waals surface area contributed by atoms with Gasteiger partial charge in [0.1, 0.15) is 5.75 Å². The average Bonchev–Trinajstić information content (AvgIpc) is 2.73. The van der Waals surface area contributed by atoms with Gasteiger partial charge in [-0.25, -0.2) is 8.42 Å². The fourth-order valence-corrected chi connectivity index (χ4v) is 5.26. The van der Waals surface area contributed by atoms with Crippen molar-refractivity contribution in [3.8, 4) is 5.75 Å². The topological polar surface area (TPSA) is 119 Å². The van der Waals surface area contributed by atoms with E-state index in [-0.39, 0.29) is 27.8 Å². The first-order valence-corrected chi connectivity index (χ1v) is 11.1. The van der Waals surface area contributed by atoms with Crippen molar-refractivity contribution < 1.29 is 22.7 Å². The van der Waals surface area contributed by atoms with Crippen molar-refractivity contribution in [1.29, 1.82) is 0 Å². The minimum absolute atomic E-state index is 0.0711. The summed E-state index contributed by atoms with van der Waals surface area (Å²) in [6.45, 7) is 2.36. The molecular formula is C21H25N3O5S. The first kappa shape index (κ1) is 21.8. The lowest BCUT2D eigenvalue weighted by atomic mass is 10.1. The number of carbonyl (C=O) groups excluding carboxylic acids is 2. The number of anilines is 1. The van der Waals surface area contributed by atoms with Gasteiger partial charge in [0.05, 0.1) is 17.7 Å². The third-order valence-corrected chi connectivity index (χ3v) is 7.19. The maximum atomic E-state index is 13.1. The highest BCUT2D eigenvalue weighted by Gasteiger charge is 2.31. The fraction of sp³-hybridized carbons (Fsp3) is 0.333. The molecule has 1 heterocycles. The van der Waals surface area contributed by atoms with Crippen LogP contribution in [-0.2, 0) is 10.0 Å². The van der Waals surface area contributed by atoms with Crippen LogP contribution in [0.5, 0.6) is 5.75 Å². The highest BCUT2D eigenvalue weighted by molar-refractivity contribution is 7.89. The molecular weight excluding hydrogens is 406 g/mol. The Morgan fingerprint density at radius 2 is 1.90 bits per heavy atom. The lowest BCUT2D eigenvalue weighted by Crippen LogP contribution is -2.41. The predicted molar refractivity (Wildman–Crippen MR) is 113 cm³/mol. The SMILES string of the molecule is COc1ccc(C(N)=O)cc1NC(=O)c1cccc(S(=O)(=O)N2CCCCC2C)c1. The summed E-state index contributed by atoms with van der Waals surface area (Å²) in [6.07, 6.45) is 2.64. The predicted octanol–water partition coefficient (Wildman–Crippen LogP) is 2.61. The summed E-state index contributed by atoms with van der Waals surface area (Å²) in [4.78, 5) is 24.3. The molecule has 3 N–H and O–H groups in total. The summed E-state index contributed by atoms with van der Waals surface area (Å²) in [5.41, 5.74) is 5.95. The van der Waals surface area contributed by atoms with Gasteiger partial charge in [0.2, 0.25) is 15.9 Å². The number of rotatable bonds is 6. The lowest BCUT2D eigenvalue weighted by Gasteiger charge is -2.32. The maximum absolute atomic E-state index is 13.1. The van der Waals surface area contributed by atoms with E-state index >= 15 is 0 Å². The molecule has 8 nitrogen and oxygen atoms in total. The summed E-state index contributed by atoms with van der Waals surface area (Å²) < 4.78 is 32.9. The highest BCUT2D eigenvalue weighted by atomic mass is 32.2. The minimum Gasteiger partial charge on any atom is -0.495 e. The second-order valence-electron chi connectivity index (χ2n) is 7.22. The van der Waals surface area contributed by atoms with Crippen LogP contribution >= 0.6 is 0 Å². The quantitative estimate of drug-likeness (QED) is 0.729. The van der Waals surface area contributed by atoms with Crippen LogP contribution in [0.1, 0.15) is 46.9 Å². The molecule has 3 rings (SSSR count). The number of ether oxygens (including phenoxy) is 1. The zero-order valence-electron chi connectivity index (χ0n) is 16.9. The van der Waals surface area contributed by atoms with Crippen LogP contribution in [-0.4, -0.2) is 44.2 Å². The Hall–Kier alpha value is -2.91. The lowest BCUT2D eigenvalue weighted by molar-refractivity contribution is 0.0996. The molecule has 9 heteroatoms. The van der Waals surface area contributed by atoms with Gasteiger partial charge in [-0.05, 0) is 56.2 Å². The largest absolute Gasteiger partial charge is 0.495 e. The van der Waals surface area contributed by atoms with Crippen molar-refractivity contribution in [2.45, 2.75) is 37.1 Å². The van der Waals surface area contributed by atoms with Crippen molar-refractivity contribution >= 4 is 27.5 Å². The van der Waals surface area contributed by atoms with Gasteiger partial charge in [0.25, 0.3) is 5.91 Å². The number of nitrogens with zero attached hydrogens (tertiary/aromatic N) is 1. The van der Waals surface area contributed by atoms with Crippen molar-refractivity contribution in [3.63, 3.8) is 0 Å². The summed E-state index contributed by atoms with van der Waals surface area (Å²) in [5, 5.41) is 2.66. The van der Waals surface area contributed by atoms with E-state index in [9.17, 15) is 18.0 Å². The first-order valence-electron chi connectivity index (χ1n) is 9.65. The van der Waals surface area contributed by atoms with Gasteiger partial charge < -0.3 is 15.8 Å². The van der Waals surface area contributed by atoms with Gasteiger partial charge in [-0.2, -0.15) is 4.31 Å². The van der Waals surface area contributed by atoms with E-state index in [1.54, 1.807) is 0 Å². The van der Waals surface area contributed by atoms with Gasteiger partial charge in [0.15, 0.2) is 0 Å². The van der Waals surface area contributed by atoms with E-state index in [0.29, 0.717) is 12.3 Å². The molecule has 1 atom stereocenters. The number of amides is 2. The molecule has 2 amide bonds. The maximum Gasteiger partial charge on any atom is 0.255 e. The molecule has 1 aliphatic heterocycles. The van der Waals surface area contributed by atoms with Crippen LogP contribution in [0.15, 0.2) is 47.4 Å². The van der Waals surface area contributed by atoms with E-state index < -0.39 is 21.8 Å². The molecule has 0 radical (unpaired) electrons. The third kappa shape index (κ3) is 4.47. The Morgan fingerprint density at radius 3 is 2.57 bits per heavy atom. The number of benzene rings is 2. The van der Waals surface area contributed by atoms with Crippen LogP contribution < -0.4 is 15.8 Å². The van der Waals surface area contributed by atoms with Gasteiger partial charge in [-0.1, -0.05) is 12.5 Å². The zero-order valence-corrected chi connectivity index (χ0v) is 17.7. The second-order valence-corrected chi connectivity index (χ2v) is 9.11. The standard InChI is InChI=1S/C21H25N3O5S/c1-14-6-3-4-11-24(14)30(27,28)17-8-5-7-16(12-17)21(26)23-18-13-15(20(22)25)9-10-19(18)29-2/h5,7-10,12-14H,3-4,6,11H2,1-2H3,(H2,22,25)(H,23,26). The number of nitrogens with two attached hydrogens (primary N) is 1. The molecule has 1 aliphatic rings. The Balaban J connectivity index is 1.88. The minimum atomic E-state index is -3.70. The molecule has 0 saturated carbocycles. The molecule has 0 aliphatic carbocycles. The van der Waals surface area contributed by atoms with Crippen LogP contribution in [0.4, 0.5) is 5.69 Å². The molecule has 2 aromatic carbocycles. The van der Waals surface area contributed by atoms with Crippen LogP contribution in [0.25, 0.3) is 0 Å². The number of carbonyl (C=O) groups is 2. The summed E-state index contributed by atoms with van der Waals surface area (Å²) in [6, 6.07) is 10.2. The Bertz CT molecular complexity index is 1070. The normalized spacial score (nSPS) is 17.3. The summed E-state index contributed by atoms with van der Waals surface area (Å²) in [7, 11) is -2.27. The van der Waals surface area contributed by atoms with Crippen LogP contribution in [0.2, 0.25) is 0 Å². The first-order chi connectivity index (χ1) is 14.2. The van der Waals surface area contributed by atoms with Crippen LogP contribution in [0.3, 0.4) is 0 Å². The van der Waals surface area contributed by atoms with Gasteiger partial charge in [-0.15, -0.1) is 0 Å². The number of piperidine rings is 1. The molecule has 160 valence electrons. The molecule has 0 bridgehead atoms. The second kappa shape index (κ2) is 8.85. The van der Waals surface area contributed by atoms with E-state index in [1.807, 2.05) is 6.92 Å². The molecule has 0 spiro atoms. The number of sulfonamides is 1. The Kier molecular flexibility index (Phi) is 6.42. The van der Waals surface area contributed by atoms with E-state index in [2.05, 4.69) is 5.32 Å². The number of hydrogen-bond acceptors (Lipinski definition) is 5. The zero-order chi connectivity index (χ0) is 21.9. The summed E-state index contributed by atoms with van der Waals surface area (Å²) >= 11 is 0. The number of hydrogen-bond donors (Lipinski definition) is 2. The fourth-order valence-electron chi connectivity index (χ4n) is 3.52. The Morgan fingerprint density at radius 1 is 1.13 bits per heavy atom. The average molecular weight is 432 g/mol. The van der Waals surface area contributed by atoms with Crippen molar-refractivity contribution in [2.75, 3.05) is 19.0 Å². The smallest absolute Gasteiger partial charge is 0.255 e. The number of methoxy groups -OCH3 is 1. The monoisotopic (exact) mass is 431 g/mol. The molecule has 1 unspecified atom stereocenters. The number of primary amides is 1. The highest BCUT2D eigenvalue weighted by Crippen LogP contribution is 2.28. The molecule has 30 heavy (non-hydrogen) atoms. The van der Waals surface area contributed by atoms with Crippen molar-refractivity contribution in [3.05, 3.63) is 53.6 Å². The summed E-state index contributed by atoms with van der Waals surface area (Å²) in [5.74, 6) is -0.824. The molecule has 2 aromatic rings. The van der Waals surface area contributed by atoms with Crippen molar-refractivity contribution in [2.24, 2.45) is 5.73 Å². The molecule has 0 aromatic heterocycles.